The van der Waals surface area contributed by atoms with Gasteiger partial charge < -0.3 is 15.1 Å². The number of piperazine rings is 1. The van der Waals surface area contributed by atoms with Crippen LogP contribution in [0, 0.1) is 5.82 Å². The molecule has 0 unspecified atom stereocenters. The van der Waals surface area contributed by atoms with Crippen LogP contribution in [0.25, 0.3) is 0 Å². The van der Waals surface area contributed by atoms with Crippen molar-refractivity contribution in [1.82, 2.24) is 10.7 Å². The van der Waals surface area contributed by atoms with Gasteiger partial charge in [0, 0.05) is 11.6 Å². The van der Waals surface area contributed by atoms with E-state index in [1.807, 2.05) is 19.1 Å². The molecule has 154 valence electrons. The van der Waals surface area contributed by atoms with Crippen LogP contribution in [0.4, 0.5) is 10.1 Å². The Labute approximate surface area is 173 Å². The van der Waals surface area contributed by atoms with Gasteiger partial charge in [0.1, 0.15) is 5.82 Å². The summed E-state index contributed by atoms with van der Waals surface area (Å²) in [6.07, 6.45) is 6.13. The second-order valence-corrected chi connectivity index (χ2v) is 8.28. The van der Waals surface area contributed by atoms with Crippen molar-refractivity contribution in [2.45, 2.75) is 52.0 Å². The quantitative estimate of drug-likeness (QED) is 0.398. The molecule has 1 aliphatic heterocycles. The van der Waals surface area contributed by atoms with Crippen LogP contribution in [0.5, 0.6) is 0 Å². The number of quaternary nitrogens is 1. The molecule has 0 amide bonds. The van der Waals surface area contributed by atoms with E-state index < -0.39 is 0 Å². The average Bonchev–Trinajstić information content (AvgIpc) is 2.73. The second-order valence-electron chi connectivity index (χ2n) is 7.87. The summed E-state index contributed by atoms with van der Waals surface area (Å²) < 4.78 is 14.7. The van der Waals surface area contributed by atoms with Crippen molar-refractivity contribution in [1.29, 1.82) is 0 Å². The van der Waals surface area contributed by atoms with Crippen LogP contribution in [0.15, 0.2) is 23.3 Å². The molecule has 0 bridgehead atoms. The molecule has 0 spiro atoms. The molecule has 2 aliphatic rings. The van der Waals surface area contributed by atoms with E-state index in [1.54, 1.807) is 11.0 Å². The number of hydrogen-bond acceptors (Lipinski definition) is 3. The minimum atomic E-state index is -0.185. The van der Waals surface area contributed by atoms with Gasteiger partial charge in [-0.3, -0.25) is 5.43 Å². The molecule has 1 saturated carbocycles. The average molecular weight is 407 g/mol. The number of nitrogens with one attached hydrogen (secondary N) is 3. The molecule has 0 radical (unpaired) electrons. The Hall–Kier alpha value is -1.73. The van der Waals surface area contributed by atoms with Crippen molar-refractivity contribution in [2.75, 3.05) is 37.6 Å². The van der Waals surface area contributed by atoms with E-state index in [0.29, 0.717) is 16.8 Å². The van der Waals surface area contributed by atoms with E-state index in [2.05, 4.69) is 27.7 Å². The lowest BCUT2D eigenvalue weighted by atomic mass is 9.96. The maximum Gasteiger partial charge on any atom is 0.187 e. The van der Waals surface area contributed by atoms with Crippen LogP contribution < -0.4 is 20.5 Å². The molecule has 2 fully saturated rings. The normalized spacial score (nSPS) is 19.5. The molecule has 1 saturated heterocycles. The fraction of sp³-hybridized carbons (Fsp3) is 0.619. The Morgan fingerprint density at radius 3 is 2.61 bits per heavy atom. The Morgan fingerprint density at radius 1 is 1.25 bits per heavy atom. The number of anilines is 1. The van der Waals surface area contributed by atoms with Gasteiger partial charge in [0.25, 0.3) is 0 Å². The molecule has 0 atom stereocenters. The monoisotopic (exact) mass is 406 g/mol. The van der Waals surface area contributed by atoms with Crippen molar-refractivity contribution < 1.29 is 9.29 Å². The summed E-state index contributed by atoms with van der Waals surface area (Å²) in [6.45, 7) is 9.13. The first-order chi connectivity index (χ1) is 13.6. The number of rotatable bonds is 5. The maximum atomic E-state index is 14.7. The Bertz CT molecular complexity index is 694. The largest absolute Gasteiger partial charge is 0.359 e. The van der Waals surface area contributed by atoms with Gasteiger partial charge in [-0.15, -0.1) is 0 Å². The lowest BCUT2D eigenvalue weighted by Crippen LogP contribution is -3.14. The third kappa shape index (κ3) is 5.64. The third-order valence-electron chi connectivity index (χ3n) is 5.94. The van der Waals surface area contributed by atoms with Crippen LogP contribution in [0.3, 0.4) is 0 Å². The molecular weight excluding hydrogens is 373 g/mol. The van der Waals surface area contributed by atoms with Crippen LogP contribution >= 0.6 is 12.2 Å². The van der Waals surface area contributed by atoms with Crippen molar-refractivity contribution in [3.63, 3.8) is 0 Å². The number of nitrogens with zero attached hydrogens (tertiary/aromatic N) is 2. The van der Waals surface area contributed by atoms with Gasteiger partial charge in [-0.1, -0.05) is 25.3 Å². The van der Waals surface area contributed by atoms with E-state index in [0.717, 1.165) is 56.8 Å². The number of benzene rings is 1. The predicted molar refractivity (Wildman–Crippen MR) is 118 cm³/mol. The van der Waals surface area contributed by atoms with E-state index in [9.17, 15) is 4.39 Å². The van der Waals surface area contributed by atoms with Gasteiger partial charge in [-0.05, 0) is 51.0 Å². The minimum Gasteiger partial charge on any atom is -0.359 e. The molecular formula is C21H33FN5S+. The van der Waals surface area contributed by atoms with Crippen LogP contribution in [-0.4, -0.2) is 49.6 Å². The first-order valence-corrected chi connectivity index (χ1v) is 11.0. The predicted octanol–water partition coefficient (Wildman–Crippen LogP) is 2.07. The zero-order chi connectivity index (χ0) is 19.9. The van der Waals surface area contributed by atoms with E-state index >= 15 is 0 Å². The van der Waals surface area contributed by atoms with Crippen LogP contribution in [-0.2, 0) is 0 Å². The summed E-state index contributed by atoms with van der Waals surface area (Å²) in [7, 11) is 0. The molecule has 7 heteroatoms. The van der Waals surface area contributed by atoms with Gasteiger partial charge in [0.15, 0.2) is 5.11 Å². The Kier molecular flexibility index (Phi) is 7.62. The summed E-state index contributed by atoms with van der Waals surface area (Å²) in [5.74, 6) is -0.185. The molecule has 1 heterocycles. The highest BCUT2D eigenvalue weighted by atomic mass is 32.1. The van der Waals surface area contributed by atoms with Crippen molar-refractivity contribution in [2.24, 2.45) is 5.10 Å². The molecule has 3 rings (SSSR count). The zero-order valence-corrected chi connectivity index (χ0v) is 17.9. The molecule has 28 heavy (non-hydrogen) atoms. The first kappa shape index (κ1) is 21.0. The minimum absolute atomic E-state index is 0.185. The lowest BCUT2D eigenvalue weighted by Gasteiger charge is -2.33. The van der Waals surface area contributed by atoms with Gasteiger partial charge in [-0.25, -0.2) is 4.39 Å². The second kappa shape index (κ2) is 10.2. The number of likely N-dealkylation sites (N-methyl/N-ethyl adjacent to an activating group) is 1. The summed E-state index contributed by atoms with van der Waals surface area (Å²) in [5.41, 5.74) is 5.09. The van der Waals surface area contributed by atoms with E-state index in [-0.39, 0.29) is 5.82 Å². The Balaban J connectivity index is 1.56. The number of hydrogen-bond donors (Lipinski definition) is 3. The highest BCUT2D eigenvalue weighted by Crippen LogP contribution is 2.21. The summed E-state index contributed by atoms with van der Waals surface area (Å²) >= 11 is 5.34. The summed E-state index contributed by atoms with van der Waals surface area (Å²) in [6, 6.07) is 5.83. The SMILES string of the molecule is CC[NH+]1CCN(c2ccc(/C(C)=N\NC(=S)NC3CCCCC3)cc2F)CC1. The van der Waals surface area contributed by atoms with Crippen molar-refractivity contribution >= 4 is 28.7 Å². The standard InChI is InChI=1S/C21H32FN5S/c1-3-26-11-13-27(14-12-26)20-10-9-17(15-19(20)22)16(2)24-25-21(28)23-18-7-5-4-6-8-18/h9-10,15,18H,3-8,11-14H2,1-2H3,(H2,23,25,28)/p+1/b24-16-. The molecule has 1 aromatic carbocycles. The molecule has 0 aromatic heterocycles. The van der Waals surface area contributed by atoms with Crippen molar-refractivity contribution in [3.8, 4) is 0 Å². The molecule has 3 N–H and O–H groups in total. The molecule has 1 aromatic rings. The highest BCUT2D eigenvalue weighted by molar-refractivity contribution is 7.80. The highest BCUT2D eigenvalue weighted by Gasteiger charge is 2.21. The van der Waals surface area contributed by atoms with E-state index in [4.69, 9.17) is 12.2 Å². The summed E-state index contributed by atoms with van der Waals surface area (Å²) in [5, 5.41) is 8.21. The van der Waals surface area contributed by atoms with Gasteiger partial charge in [0.2, 0.25) is 0 Å². The Morgan fingerprint density at radius 2 is 1.96 bits per heavy atom. The fourth-order valence-corrected chi connectivity index (χ4v) is 4.28. The zero-order valence-electron chi connectivity index (χ0n) is 17.1. The topological polar surface area (TPSA) is 44.1 Å². The lowest BCUT2D eigenvalue weighted by molar-refractivity contribution is -0.898. The third-order valence-corrected chi connectivity index (χ3v) is 6.15. The summed E-state index contributed by atoms with van der Waals surface area (Å²) in [4.78, 5) is 3.73. The maximum absolute atomic E-state index is 14.7. The first-order valence-electron chi connectivity index (χ1n) is 10.6. The van der Waals surface area contributed by atoms with Gasteiger partial charge in [0.05, 0.1) is 44.1 Å². The number of thiocarbonyl (C=S) groups is 1. The number of hydrazone groups is 1. The van der Waals surface area contributed by atoms with Crippen LogP contribution in [0.1, 0.15) is 51.5 Å². The smallest absolute Gasteiger partial charge is 0.187 e. The van der Waals surface area contributed by atoms with Gasteiger partial charge in [-0.2, -0.15) is 5.10 Å². The van der Waals surface area contributed by atoms with Crippen LogP contribution in [0.2, 0.25) is 0 Å². The molecule has 5 nitrogen and oxygen atoms in total. The van der Waals surface area contributed by atoms with E-state index in [1.165, 1.54) is 19.3 Å². The molecule has 1 aliphatic carbocycles. The fourth-order valence-electron chi connectivity index (χ4n) is 4.07. The van der Waals surface area contributed by atoms with Crippen molar-refractivity contribution in [3.05, 3.63) is 29.6 Å². The number of halogens is 1. The van der Waals surface area contributed by atoms with Gasteiger partial charge >= 0.3 is 0 Å².